The van der Waals surface area contributed by atoms with Crippen LogP contribution < -0.4 is 4.74 Å². The van der Waals surface area contributed by atoms with Gasteiger partial charge < -0.3 is 9.30 Å². The van der Waals surface area contributed by atoms with Crippen LogP contribution >= 0.6 is 0 Å². The highest BCUT2D eigenvalue weighted by Crippen LogP contribution is 2.18. The normalized spacial score (nSPS) is 10.3. The number of ether oxygens (including phenoxy) is 1. The fraction of sp³-hybridized carbons (Fsp3) is 0.250. The summed E-state index contributed by atoms with van der Waals surface area (Å²) in [4.78, 5) is 4.01. The SMILES string of the molecule is COc1ccc(Cn2ccnc2)cc1C. The second-order valence-corrected chi connectivity index (χ2v) is 3.54. The minimum Gasteiger partial charge on any atom is -0.496 e. The van der Waals surface area contributed by atoms with Gasteiger partial charge >= 0.3 is 0 Å². The molecule has 1 aromatic heterocycles. The molecule has 0 atom stereocenters. The molecule has 0 N–H and O–H groups in total. The number of hydrogen-bond acceptors (Lipinski definition) is 2. The lowest BCUT2D eigenvalue weighted by molar-refractivity contribution is 0.411. The predicted molar refractivity (Wildman–Crippen MR) is 59.1 cm³/mol. The molecule has 0 bridgehead atoms. The molecular weight excluding hydrogens is 188 g/mol. The molecule has 0 saturated heterocycles. The molecule has 1 aromatic carbocycles. The maximum absolute atomic E-state index is 5.22. The summed E-state index contributed by atoms with van der Waals surface area (Å²) in [6.45, 7) is 2.90. The average molecular weight is 202 g/mol. The zero-order valence-corrected chi connectivity index (χ0v) is 8.97. The second kappa shape index (κ2) is 4.17. The quantitative estimate of drug-likeness (QED) is 0.763. The number of aryl methyl sites for hydroxylation is 1. The van der Waals surface area contributed by atoms with E-state index in [4.69, 9.17) is 4.74 Å². The van der Waals surface area contributed by atoms with Crippen molar-refractivity contribution in [1.82, 2.24) is 9.55 Å². The second-order valence-electron chi connectivity index (χ2n) is 3.54. The maximum atomic E-state index is 5.22. The number of methoxy groups -OCH3 is 1. The Balaban J connectivity index is 2.20. The van der Waals surface area contributed by atoms with Crippen molar-refractivity contribution in [3.8, 4) is 5.75 Å². The number of hydrogen-bond donors (Lipinski definition) is 0. The van der Waals surface area contributed by atoms with Gasteiger partial charge in [-0.05, 0) is 24.1 Å². The van der Waals surface area contributed by atoms with E-state index in [-0.39, 0.29) is 0 Å². The summed E-state index contributed by atoms with van der Waals surface area (Å²) in [6.07, 6.45) is 5.56. The van der Waals surface area contributed by atoms with Crippen molar-refractivity contribution in [1.29, 1.82) is 0 Å². The Bertz CT molecular complexity index is 435. The molecule has 2 rings (SSSR count). The van der Waals surface area contributed by atoms with Crippen molar-refractivity contribution in [3.63, 3.8) is 0 Å². The van der Waals surface area contributed by atoms with Crippen LogP contribution in [0.4, 0.5) is 0 Å². The number of nitrogens with zero attached hydrogens (tertiary/aromatic N) is 2. The van der Waals surface area contributed by atoms with Gasteiger partial charge in [0.2, 0.25) is 0 Å². The summed E-state index contributed by atoms with van der Waals surface area (Å²) in [6, 6.07) is 6.21. The molecule has 0 spiro atoms. The highest BCUT2D eigenvalue weighted by molar-refractivity contribution is 5.36. The largest absolute Gasteiger partial charge is 0.496 e. The number of imidazole rings is 1. The fourth-order valence-electron chi connectivity index (χ4n) is 1.63. The van der Waals surface area contributed by atoms with E-state index in [0.29, 0.717) is 0 Å². The van der Waals surface area contributed by atoms with Gasteiger partial charge in [-0.3, -0.25) is 0 Å². The van der Waals surface area contributed by atoms with E-state index in [1.165, 1.54) is 5.56 Å². The summed E-state index contributed by atoms with van der Waals surface area (Å²) in [5, 5.41) is 0. The Labute approximate surface area is 89.3 Å². The number of rotatable bonds is 3. The Morgan fingerprint density at radius 2 is 2.27 bits per heavy atom. The van der Waals surface area contributed by atoms with Gasteiger partial charge in [0.1, 0.15) is 5.75 Å². The Hall–Kier alpha value is -1.77. The van der Waals surface area contributed by atoms with Crippen LogP contribution in [0.5, 0.6) is 5.75 Å². The molecule has 0 unspecified atom stereocenters. The lowest BCUT2D eigenvalue weighted by Gasteiger charge is -2.07. The third kappa shape index (κ3) is 2.18. The maximum Gasteiger partial charge on any atom is 0.121 e. The first-order chi connectivity index (χ1) is 7.29. The molecule has 78 valence electrons. The highest BCUT2D eigenvalue weighted by atomic mass is 16.5. The molecule has 3 nitrogen and oxygen atoms in total. The summed E-state index contributed by atoms with van der Waals surface area (Å²) in [5.41, 5.74) is 2.42. The lowest BCUT2D eigenvalue weighted by Crippen LogP contribution is -1.97. The van der Waals surface area contributed by atoms with Crippen LogP contribution in [0.3, 0.4) is 0 Å². The van der Waals surface area contributed by atoms with E-state index in [1.54, 1.807) is 13.3 Å². The summed E-state index contributed by atoms with van der Waals surface area (Å²) >= 11 is 0. The zero-order chi connectivity index (χ0) is 10.7. The zero-order valence-electron chi connectivity index (χ0n) is 8.97. The van der Waals surface area contributed by atoms with E-state index in [1.807, 2.05) is 23.2 Å². The van der Waals surface area contributed by atoms with Crippen LogP contribution in [0.25, 0.3) is 0 Å². The summed E-state index contributed by atoms with van der Waals surface area (Å²) in [7, 11) is 1.69. The molecule has 0 aliphatic rings. The molecule has 0 amide bonds. The molecule has 0 saturated carbocycles. The summed E-state index contributed by atoms with van der Waals surface area (Å²) in [5.74, 6) is 0.935. The van der Waals surface area contributed by atoms with Crippen LogP contribution in [0.2, 0.25) is 0 Å². The van der Waals surface area contributed by atoms with Gasteiger partial charge in [-0.2, -0.15) is 0 Å². The van der Waals surface area contributed by atoms with Gasteiger partial charge in [0, 0.05) is 18.9 Å². The van der Waals surface area contributed by atoms with E-state index >= 15 is 0 Å². The van der Waals surface area contributed by atoms with Crippen molar-refractivity contribution in [2.45, 2.75) is 13.5 Å². The monoisotopic (exact) mass is 202 g/mol. The molecule has 0 aliphatic heterocycles. The van der Waals surface area contributed by atoms with Crippen molar-refractivity contribution >= 4 is 0 Å². The van der Waals surface area contributed by atoms with Gasteiger partial charge in [-0.1, -0.05) is 12.1 Å². The smallest absolute Gasteiger partial charge is 0.121 e. The van der Waals surface area contributed by atoms with E-state index in [2.05, 4.69) is 24.0 Å². The third-order valence-corrected chi connectivity index (χ3v) is 2.38. The van der Waals surface area contributed by atoms with Crippen LogP contribution in [0.15, 0.2) is 36.9 Å². The minimum absolute atomic E-state index is 0.852. The van der Waals surface area contributed by atoms with Crippen molar-refractivity contribution in [3.05, 3.63) is 48.0 Å². The first-order valence-electron chi connectivity index (χ1n) is 4.89. The van der Waals surface area contributed by atoms with Gasteiger partial charge in [0.15, 0.2) is 0 Å². The molecule has 2 aromatic rings. The Kier molecular flexibility index (Phi) is 2.72. The third-order valence-electron chi connectivity index (χ3n) is 2.38. The van der Waals surface area contributed by atoms with E-state index in [0.717, 1.165) is 17.9 Å². The lowest BCUT2D eigenvalue weighted by atomic mass is 10.1. The molecule has 15 heavy (non-hydrogen) atoms. The fourth-order valence-corrected chi connectivity index (χ4v) is 1.63. The standard InChI is InChI=1S/C12H14N2O/c1-10-7-11(3-4-12(10)15-2)8-14-6-5-13-9-14/h3-7,9H,8H2,1-2H3. The van der Waals surface area contributed by atoms with Crippen molar-refractivity contribution < 1.29 is 4.74 Å². The Morgan fingerprint density at radius 1 is 1.40 bits per heavy atom. The van der Waals surface area contributed by atoms with Gasteiger partial charge in [-0.25, -0.2) is 4.98 Å². The topological polar surface area (TPSA) is 27.1 Å². The minimum atomic E-state index is 0.852. The van der Waals surface area contributed by atoms with E-state index in [9.17, 15) is 0 Å². The predicted octanol–water partition coefficient (Wildman–Crippen LogP) is 2.25. The molecule has 0 radical (unpaired) electrons. The van der Waals surface area contributed by atoms with Gasteiger partial charge in [0.25, 0.3) is 0 Å². The van der Waals surface area contributed by atoms with Crippen molar-refractivity contribution in [2.75, 3.05) is 7.11 Å². The van der Waals surface area contributed by atoms with Crippen LogP contribution in [0, 0.1) is 6.92 Å². The van der Waals surface area contributed by atoms with Crippen LogP contribution in [-0.2, 0) is 6.54 Å². The number of aromatic nitrogens is 2. The van der Waals surface area contributed by atoms with Crippen LogP contribution in [0.1, 0.15) is 11.1 Å². The first-order valence-corrected chi connectivity index (χ1v) is 4.89. The van der Waals surface area contributed by atoms with Crippen molar-refractivity contribution in [2.24, 2.45) is 0 Å². The number of benzene rings is 1. The molecular formula is C12H14N2O. The molecule has 0 aliphatic carbocycles. The van der Waals surface area contributed by atoms with E-state index < -0.39 is 0 Å². The molecule has 0 fully saturated rings. The Morgan fingerprint density at radius 3 is 2.87 bits per heavy atom. The first kappa shape index (κ1) is 9.77. The van der Waals surface area contributed by atoms with Crippen LogP contribution in [-0.4, -0.2) is 16.7 Å². The van der Waals surface area contributed by atoms with Gasteiger partial charge in [0.05, 0.1) is 13.4 Å². The molecule has 3 heteroatoms. The van der Waals surface area contributed by atoms with Gasteiger partial charge in [-0.15, -0.1) is 0 Å². The summed E-state index contributed by atoms with van der Waals surface area (Å²) < 4.78 is 7.26. The highest BCUT2D eigenvalue weighted by Gasteiger charge is 2.00. The molecule has 1 heterocycles. The average Bonchev–Trinajstić information content (AvgIpc) is 2.71.